The maximum absolute atomic E-state index is 12.5. The van der Waals surface area contributed by atoms with E-state index < -0.39 is 16.3 Å². The van der Waals surface area contributed by atoms with Gasteiger partial charge in [0.1, 0.15) is 0 Å². The van der Waals surface area contributed by atoms with Crippen LogP contribution in [0.2, 0.25) is 0 Å². The summed E-state index contributed by atoms with van der Waals surface area (Å²) in [6.07, 6.45) is 3.50. The molecule has 0 spiro atoms. The standard InChI is InChI=1S/C15H22N2O3S/c18-15-8-4-3-7-14(15)16-21(19,20)17-10-9-12-5-1-2-6-13(12)11-17/h1-2,5-6,14-16,18H,3-4,7-11H2/t14-,15-/m0/s1. The summed E-state index contributed by atoms with van der Waals surface area (Å²) in [5.41, 5.74) is 2.29. The number of benzene rings is 1. The van der Waals surface area contributed by atoms with Crippen LogP contribution in [0.1, 0.15) is 36.8 Å². The highest BCUT2D eigenvalue weighted by molar-refractivity contribution is 7.87. The summed E-state index contributed by atoms with van der Waals surface area (Å²) in [5, 5.41) is 9.94. The van der Waals surface area contributed by atoms with Crippen molar-refractivity contribution in [3.05, 3.63) is 35.4 Å². The van der Waals surface area contributed by atoms with Gasteiger partial charge in [0.05, 0.1) is 6.10 Å². The Balaban J connectivity index is 1.71. The Bertz CT molecular complexity index is 603. The van der Waals surface area contributed by atoms with Crippen molar-refractivity contribution >= 4 is 10.2 Å². The fourth-order valence-electron chi connectivity index (χ4n) is 3.19. The molecule has 2 aliphatic rings. The first kappa shape index (κ1) is 15.0. The molecule has 0 aromatic heterocycles. The van der Waals surface area contributed by atoms with Crippen molar-refractivity contribution in [1.29, 1.82) is 0 Å². The van der Waals surface area contributed by atoms with Crippen LogP contribution in [0.4, 0.5) is 0 Å². The van der Waals surface area contributed by atoms with Crippen molar-refractivity contribution in [1.82, 2.24) is 9.03 Å². The van der Waals surface area contributed by atoms with Crippen LogP contribution >= 0.6 is 0 Å². The maximum atomic E-state index is 12.5. The van der Waals surface area contributed by atoms with E-state index in [2.05, 4.69) is 10.8 Å². The molecule has 6 heteroatoms. The molecule has 0 amide bonds. The zero-order chi connectivity index (χ0) is 14.9. The number of fused-ring (bicyclic) bond motifs is 1. The lowest BCUT2D eigenvalue weighted by molar-refractivity contribution is 0.100. The van der Waals surface area contributed by atoms with Crippen molar-refractivity contribution in [3.63, 3.8) is 0 Å². The molecule has 0 unspecified atom stereocenters. The van der Waals surface area contributed by atoms with Gasteiger partial charge < -0.3 is 5.11 Å². The van der Waals surface area contributed by atoms with E-state index in [1.165, 1.54) is 9.87 Å². The molecule has 1 aromatic rings. The SMILES string of the molecule is O=S(=O)(N[C@H]1CCCC[C@@H]1O)N1CCc2ccccc2C1. The van der Waals surface area contributed by atoms with Gasteiger partial charge in [-0.3, -0.25) is 0 Å². The molecule has 1 aliphatic carbocycles. The van der Waals surface area contributed by atoms with Crippen LogP contribution in [0.25, 0.3) is 0 Å². The molecule has 1 heterocycles. The summed E-state index contributed by atoms with van der Waals surface area (Å²) in [7, 11) is -3.54. The van der Waals surface area contributed by atoms with Crippen LogP contribution in [-0.2, 0) is 23.2 Å². The maximum Gasteiger partial charge on any atom is 0.280 e. The Kier molecular flexibility index (Phi) is 4.31. The third-order valence-corrected chi connectivity index (χ3v) is 6.06. The Morgan fingerprint density at radius 3 is 2.62 bits per heavy atom. The van der Waals surface area contributed by atoms with Crippen LogP contribution in [0, 0.1) is 0 Å². The highest BCUT2D eigenvalue weighted by Crippen LogP contribution is 2.23. The van der Waals surface area contributed by atoms with Crippen molar-refractivity contribution < 1.29 is 13.5 Å². The summed E-state index contributed by atoms with van der Waals surface area (Å²) in [5.74, 6) is 0. The molecule has 116 valence electrons. The minimum Gasteiger partial charge on any atom is -0.391 e. The Morgan fingerprint density at radius 2 is 1.86 bits per heavy atom. The van der Waals surface area contributed by atoms with Gasteiger partial charge in [-0.05, 0) is 30.4 Å². The number of hydrogen-bond acceptors (Lipinski definition) is 3. The monoisotopic (exact) mass is 310 g/mol. The van der Waals surface area contributed by atoms with E-state index in [1.807, 2.05) is 18.2 Å². The second kappa shape index (κ2) is 6.04. The van der Waals surface area contributed by atoms with Crippen LogP contribution in [0.15, 0.2) is 24.3 Å². The molecule has 3 rings (SSSR count). The summed E-state index contributed by atoms with van der Waals surface area (Å²) in [4.78, 5) is 0. The van der Waals surface area contributed by atoms with Crippen molar-refractivity contribution in [2.45, 2.75) is 50.8 Å². The molecule has 1 saturated carbocycles. The summed E-state index contributed by atoms with van der Waals surface area (Å²) < 4.78 is 29.2. The van der Waals surface area contributed by atoms with E-state index >= 15 is 0 Å². The first-order valence-electron chi connectivity index (χ1n) is 7.58. The smallest absolute Gasteiger partial charge is 0.280 e. The molecule has 2 atom stereocenters. The molecule has 0 bridgehead atoms. The van der Waals surface area contributed by atoms with E-state index in [-0.39, 0.29) is 6.04 Å². The first-order chi connectivity index (χ1) is 10.1. The molecule has 0 radical (unpaired) electrons. The highest BCUT2D eigenvalue weighted by Gasteiger charge is 2.32. The largest absolute Gasteiger partial charge is 0.391 e. The molecule has 21 heavy (non-hydrogen) atoms. The van der Waals surface area contributed by atoms with Gasteiger partial charge in [-0.2, -0.15) is 17.4 Å². The summed E-state index contributed by atoms with van der Waals surface area (Å²) in [6, 6.07) is 7.61. The molecule has 0 saturated heterocycles. The third-order valence-electron chi connectivity index (χ3n) is 4.47. The van der Waals surface area contributed by atoms with Gasteiger partial charge in [0.2, 0.25) is 0 Å². The number of aliphatic hydroxyl groups excluding tert-OH is 1. The van der Waals surface area contributed by atoms with E-state index in [0.29, 0.717) is 25.9 Å². The van der Waals surface area contributed by atoms with Gasteiger partial charge in [-0.1, -0.05) is 37.1 Å². The number of nitrogens with one attached hydrogen (secondary N) is 1. The fraction of sp³-hybridized carbons (Fsp3) is 0.600. The third kappa shape index (κ3) is 3.29. The van der Waals surface area contributed by atoms with E-state index in [4.69, 9.17) is 0 Å². The number of aliphatic hydroxyl groups is 1. The average molecular weight is 310 g/mol. The lowest BCUT2D eigenvalue weighted by Gasteiger charge is -2.33. The van der Waals surface area contributed by atoms with Crippen molar-refractivity contribution in [2.24, 2.45) is 0 Å². The number of rotatable bonds is 3. The van der Waals surface area contributed by atoms with Crippen molar-refractivity contribution in [3.8, 4) is 0 Å². The van der Waals surface area contributed by atoms with Gasteiger partial charge >= 0.3 is 0 Å². The Hall–Kier alpha value is -0.950. The van der Waals surface area contributed by atoms with Crippen LogP contribution in [0.5, 0.6) is 0 Å². The van der Waals surface area contributed by atoms with Gasteiger partial charge in [0.25, 0.3) is 10.2 Å². The second-order valence-corrected chi connectivity index (χ2v) is 7.64. The predicted octanol–water partition coefficient (Wildman–Crippen LogP) is 1.18. The zero-order valence-corrected chi connectivity index (χ0v) is 12.8. The normalized spacial score (nSPS) is 27.3. The fourth-order valence-corrected chi connectivity index (χ4v) is 4.64. The molecule has 2 N–H and O–H groups in total. The minimum atomic E-state index is -3.54. The minimum absolute atomic E-state index is 0.346. The van der Waals surface area contributed by atoms with Gasteiger partial charge in [-0.25, -0.2) is 0 Å². The lowest BCUT2D eigenvalue weighted by Crippen LogP contribution is -2.51. The average Bonchev–Trinajstić information content (AvgIpc) is 2.49. The molecule has 1 fully saturated rings. The summed E-state index contributed by atoms with van der Waals surface area (Å²) >= 11 is 0. The van der Waals surface area contributed by atoms with E-state index in [1.54, 1.807) is 0 Å². The molecule has 1 aliphatic heterocycles. The second-order valence-electron chi connectivity index (χ2n) is 5.93. The topological polar surface area (TPSA) is 69.6 Å². The van der Waals surface area contributed by atoms with Gasteiger partial charge in [-0.15, -0.1) is 0 Å². The molecular formula is C15H22N2O3S. The molecule has 5 nitrogen and oxygen atoms in total. The van der Waals surface area contributed by atoms with E-state index in [0.717, 1.165) is 24.8 Å². The van der Waals surface area contributed by atoms with Crippen LogP contribution in [0.3, 0.4) is 0 Å². The lowest BCUT2D eigenvalue weighted by atomic mass is 9.93. The predicted molar refractivity (Wildman–Crippen MR) is 80.9 cm³/mol. The number of hydrogen-bond donors (Lipinski definition) is 2. The van der Waals surface area contributed by atoms with Crippen LogP contribution in [-0.4, -0.2) is 36.5 Å². The van der Waals surface area contributed by atoms with Crippen LogP contribution < -0.4 is 4.72 Å². The Labute approximate surface area is 126 Å². The van der Waals surface area contributed by atoms with Gasteiger partial charge in [0.15, 0.2) is 0 Å². The van der Waals surface area contributed by atoms with E-state index in [9.17, 15) is 13.5 Å². The Morgan fingerprint density at radius 1 is 1.14 bits per heavy atom. The quantitative estimate of drug-likeness (QED) is 0.881. The molecule has 1 aromatic carbocycles. The highest BCUT2D eigenvalue weighted by atomic mass is 32.2. The molecular weight excluding hydrogens is 288 g/mol. The summed E-state index contributed by atoms with van der Waals surface area (Å²) in [6.45, 7) is 0.906. The zero-order valence-electron chi connectivity index (χ0n) is 12.0. The van der Waals surface area contributed by atoms with Gasteiger partial charge in [0, 0.05) is 19.1 Å². The number of nitrogens with zero attached hydrogens (tertiary/aromatic N) is 1. The van der Waals surface area contributed by atoms with Crippen molar-refractivity contribution in [2.75, 3.05) is 6.54 Å². The first-order valence-corrected chi connectivity index (χ1v) is 9.02.